The van der Waals surface area contributed by atoms with Gasteiger partial charge in [0.15, 0.2) is 0 Å². The fourth-order valence-corrected chi connectivity index (χ4v) is 2.54. The van der Waals surface area contributed by atoms with Crippen molar-refractivity contribution in [3.8, 4) is 6.07 Å². The summed E-state index contributed by atoms with van der Waals surface area (Å²) in [5.41, 5.74) is 0.670. The number of nitriles is 1. The second kappa shape index (κ2) is 5.89. The number of rotatable bonds is 4. The van der Waals surface area contributed by atoms with Crippen LogP contribution in [-0.4, -0.2) is 22.5 Å². The van der Waals surface area contributed by atoms with E-state index in [0.717, 1.165) is 0 Å². The van der Waals surface area contributed by atoms with Crippen molar-refractivity contribution in [1.29, 1.82) is 5.26 Å². The Morgan fingerprint density at radius 2 is 2.42 bits per heavy atom. The van der Waals surface area contributed by atoms with E-state index in [2.05, 4.69) is 10.3 Å². The largest absolute Gasteiger partial charge is 0.386 e. The van der Waals surface area contributed by atoms with E-state index in [4.69, 9.17) is 16.9 Å². The van der Waals surface area contributed by atoms with Gasteiger partial charge in [0.05, 0.1) is 9.90 Å². The summed E-state index contributed by atoms with van der Waals surface area (Å²) in [6.07, 6.45) is 0.651. The number of amides is 1. The molecule has 0 radical (unpaired) electrons. The second-order valence-corrected chi connectivity index (χ2v) is 5.53. The van der Waals surface area contributed by atoms with Gasteiger partial charge < -0.3 is 15.4 Å². The lowest BCUT2D eigenvalue weighted by Crippen LogP contribution is -2.27. The molecule has 2 aromatic rings. The van der Waals surface area contributed by atoms with Gasteiger partial charge in [-0.2, -0.15) is 5.26 Å². The standard InChI is InChI=1S/C12H10ClN3O2S/c13-11-2-1-10(19-11)9(17)6-16-12(18)7-3-8(4-14)15-5-7/h1-3,5,9,15,17H,6H2,(H,16,18). The van der Waals surface area contributed by atoms with Crippen molar-refractivity contribution in [3.63, 3.8) is 0 Å². The minimum atomic E-state index is -0.796. The number of hydrogen-bond acceptors (Lipinski definition) is 4. The molecule has 1 atom stereocenters. The Bertz CT molecular complexity index is 629. The zero-order chi connectivity index (χ0) is 13.8. The molecular formula is C12H10ClN3O2S. The Balaban J connectivity index is 1.92. The quantitative estimate of drug-likeness (QED) is 0.806. The summed E-state index contributed by atoms with van der Waals surface area (Å²) in [5, 5.41) is 21.1. The molecule has 5 nitrogen and oxygen atoms in total. The molecule has 2 heterocycles. The van der Waals surface area contributed by atoms with Gasteiger partial charge >= 0.3 is 0 Å². The fourth-order valence-electron chi connectivity index (χ4n) is 1.49. The van der Waals surface area contributed by atoms with Crippen LogP contribution in [0.5, 0.6) is 0 Å². The maximum Gasteiger partial charge on any atom is 0.252 e. The number of nitrogens with one attached hydrogen (secondary N) is 2. The maximum absolute atomic E-state index is 11.7. The lowest BCUT2D eigenvalue weighted by atomic mass is 10.2. The molecule has 19 heavy (non-hydrogen) atoms. The number of carbonyl (C=O) groups excluding carboxylic acids is 1. The van der Waals surface area contributed by atoms with E-state index in [-0.39, 0.29) is 12.5 Å². The highest BCUT2D eigenvalue weighted by atomic mass is 35.5. The van der Waals surface area contributed by atoms with Crippen LogP contribution < -0.4 is 5.32 Å². The molecule has 0 aromatic carbocycles. The average Bonchev–Trinajstić information content (AvgIpc) is 3.04. The molecule has 0 spiro atoms. The van der Waals surface area contributed by atoms with Crippen molar-refractivity contribution in [1.82, 2.24) is 10.3 Å². The van der Waals surface area contributed by atoms with Gasteiger partial charge in [-0.3, -0.25) is 4.79 Å². The number of thiophene rings is 1. The minimum absolute atomic E-state index is 0.0861. The third-order valence-electron chi connectivity index (χ3n) is 2.44. The molecule has 1 unspecified atom stereocenters. The van der Waals surface area contributed by atoms with Gasteiger partial charge in [-0.05, 0) is 18.2 Å². The third-order valence-corrected chi connectivity index (χ3v) is 3.78. The number of halogens is 1. The molecule has 0 bridgehead atoms. The van der Waals surface area contributed by atoms with E-state index >= 15 is 0 Å². The Morgan fingerprint density at radius 1 is 1.63 bits per heavy atom. The first-order valence-electron chi connectivity index (χ1n) is 5.40. The average molecular weight is 296 g/mol. The fraction of sp³-hybridized carbons (Fsp3) is 0.167. The van der Waals surface area contributed by atoms with Gasteiger partial charge in [0.2, 0.25) is 0 Å². The molecule has 98 valence electrons. The Kier molecular flexibility index (Phi) is 4.22. The van der Waals surface area contributed by atoms with Crippen LogP contribution in [0.3, 0.4) is 0 Å². The van der Waals surface area contributed by atoms with Crippen LogP contribution in [0, 0.1) is 11.3 Å². The molecule has 2 rings (SSSR count). The molecule has 0 saturated heterocycles. The number of hydrogen-bond donors (Lipinski definition) is 3. The van der Waals surface area contributed by atoms with Crippen molar-refractivity contribution in [2.24, 2.45) is 0 Å². The summed E-state index contributed by atoms with van der Waals surface area (Å²) in [6, 6.07) is 6.75. The van der Waals surface area contributed by atoms with Crippen LogP contribution in [0.4, 0.5) is 0 Å². The monoisotopic (exact) mass is 295 g/mol. The normalized spacial score (nSPS) is 11.8. The topological polar surface area (TPSA) is 88.9 Å². The summed E-state index contributed by atoms with van der Waals surface area (Å²) in [6.45, 7) is 0.0861. The van der Waals surface area contributed by atoms with Crippen LogP contribution in [-0.2, 0) is 0 Å². The number of aliphatic hydroxyl groups excluding tert-OH is 1. The number of H-pyrrole nitrogens is 1. The van der Waals surface area contributed by atoms with Crippen molar-refractivity contribution >= 4 is 28.8 Å². The molecule has 1 amide bonds. The first kappa shape index (κ1) is 13.6. The number of nitrogens with zero attached hydrogens (tertiary/aromatic N) is 1. The van der Waals surface area contributed by atoms with Crippen molar-refractivity contribution < 1.29 is 9.90 Å². The van der Waals surface area contributed by atoms with Gasteiger partial charge in [0.25, 0.3) is 5.91 Å². The molecule has 0 aliphatic rings. The summed E-state index contributed by atoms with van der Waals surface area (Å²) in [5.74, 6) is -0.348. The smallest absolute Gasteiger partial charge is 0.252 e. The first-order chi connectivity index (χ1) is 9.10. The molecule has 3 N–H and O–H groups in total. The highest BCUT2D eigenvalue weighted by molar-refractivity contribution is 7.16. The van der Waals surface area contributed by atoms with Crippen molar-refractivity contribution in [2.45, 2.75) is 6.10 Å². The Labute approximate surface area is 118 Å². The summed E-state index contributed by atoms with van der Waals surface area (Å²) in [7, 11) is 0. The molecule has 0 fully saturated rings. The van der Waals surface area contributed by atoms with E-state index in [1.165, 1.54) is 23.6 Å². The van der Waals surface area contributed by atoms with E-state index in [1.807, 2.05) is 6.07 Å². The second-order valence-electron chi connectivity index (χ2n) is 3.78. The lowest BCUT2D eigenvalue weighted by Gasteiger charge is -2.09. The predicted octanol–water partition coefficient (Wildman–Crippen LogP) is 2.06. The number of aromatic nitrogens is 1. The van der Waals surface area contributed by atoms with Crippen LogP contribution >= 0.6 is 22.9 Å². The molecule has 2 aromatic heterocycles. The summed E-state index contributed by atoms with van der Waals surface area (Å²) in [4.78, 5) is 15.1. The number of aliphatic hydroxyl groups is 1. The highest BCUT2D eigenvalue weighted by Crippen LogP contribution is 2.26. The van der Waals surface area contributed by atoms with Gasteiger partial charge in [0, 0.05) is 17.6 Å². The number of carbonyl (C=O) groups is 1. The van der Waals surface area contributed by atoms with Crippen LogP contribution in [0.15, 0.2) is 24.4 Å². The molecule has 0 aliphatic heterocycles. The van der Waals surface area contributed by atoms with E-state index in [1.54, 1.807) is 12.1 Å². The van der Waals surface area contributed by atoms with E-state index in [9.17, 15) is 9.90 Å². The minimum Gasteiger partial charge on any atom is -0.386 e. The predicted molar refractivity (Wildman–Crippen MR) is 72.1 cm³/mol. The molecule has 0 aliphatic carbocycles. The lowest BCUT2D eigenvalue weighted by molar-refractivity contribution is 0.0918. The number of aromatic amines is 1. The Hall–Kier alpha value is -1.81. The first-order valence-corrected chi connectivity index (χ1v) is 6.59. The van der Waals surface area contributed by atoms with Crippen LogP contribution in [0.2, 0.25) is 4.34 Å². The zero-order valence-electron chi connectivity index (χ0n) is 9.68. The molecule has 7 heteroatoms. The SMILES string of the molecule is N#Cc1cc(C(=O)NCC(O)c2ccc(Cl)s2)c[nH]1. The zero-order valence-corrected chi connectivity index (χ0v) is 11.3. The van der Waals surface area contributed by atoms with Gasteiger partial charge in [0.1, 0.15) is 17.9 Å². The van der Waals surface area contributed by atoms with Gasteiger partial charge in [-0.25, -0.2) is 0 Å². The Morgan fingerprint density at radius 3 is 3.00 bits per heavy atom. The van der Waals surface area contributed by atoms with Gasteiger partial charge in [-0.1, -0.05) is 11.6 Å². The van der Waals surface area contributed by atoms with E-state index in [0.29, 0.717) is 20.5 Å². The van der Waals surface area contributed by atoms with Crippen LogP contribution in [0.1, 0.15) is 27.0 Å². The van der Waals surface area contributed by atoms with Crippen molar-refractivity contribution in [3.05, 3.63) is 44.9 Å². The van der Waals surface area contributed by atoms with E-state index < -0.39 is 6.10 Å². The highest BCUT2D eigenvalue weighted by Gasteiger charge is 2.13. The third kappa shape index (κ3) is 3.35. The van der Waals surface area contributed by atoms with Crippen LogP contribution in [0.25, 0.3) is 0 Å². The van der Waals surface area contributed by atoms with Gasteiger partial charge in [-0.15, -0.1) is 11.3 Å². The van der Waals surface area contributed by atoms with Crippen molar-refractivity contribution in [2.75, 3.05) is 6.54 Å². The molecule has 0 saturated carbocycles. The maximum atomic E-state index is 11.7. The summed E-state index contributed by atoms with van der Waals surface area (Å²) >= 11 is 7.03. The molecular weight excluding hydrogens is 286 g/mol. The summed E-state index contributed by atoms with van der Waals surface area (Å²) < 4.78 is 0.588.